The highest BCUT2D eigenvalue weighted by Gasteiger charge is 2.05. The predicted molar refractivity (Wildman–Crippen MR) is 79.5 cm³/mol. The number of carbonyl (C=O) groups is 2. The maximum absolute atomic E-state index is 11.5. The van der Waals surface area contributed by atoms with Crippen molar-refractivity contribution in [3.63, 3.8) is 0 Å². The molecule has 0 aliphatic heterocycles. The van der Waals surface area contributed by atoms with Gasteiger partial charge in [-0.05, 0) is 17.7 Å². The Hall–Kier alpha value is -1.75. The van der Waals surface area contributed by atoms with Crippen molar-refractivity contribution in [3.05, 3.63) is 34.9 Å². The third-order valence-corrected chi connectivity index (χ3v) is 2.85. The Kier molecular flexibility index (Phi) is 6.87. The van der Waals surface area contributed by atoms with Crippen LogP contribution in [-0.4, -0.2) is 25.0 Å². The Bertz CT molecular complexity index is 446. The first kappa shape index (κ1) is 16.3. The number of nitrogens with one attached hydrogen (secondary N) is 3. The van der Waals surface area contributed by atoms with E-state index < -0.39 is 0 Å². The van der Waals surface area contributed by atoms with E-state index >= 15 is 0 Å². The number of halogens is 1. The van der Waals surface area contributed by atoms with Crippen LogP contribution in [0.4, 0.5) is 4.79 Å². The molecule has 0 aromatic heterocycles. The molecule has 1 aromatic rings. The quantitative estimate of drug-likeness (QED) is 0.702. The van der Waals surface area contributed by atoms with Gasteiger partial charge in [0.05, 0.1) is 0 Å². The van der Waals surface area contributed by atoms with Crippen LogP contribution in [-0.2, 0) is 11.3 Å². The number of hydrogen-bond acceptors (Lipinski definition) is 2. The van der Waals surface area contributed by atoms with E-state index in [1.165, 1.54) is 0 Å². The number of urea groups is 1. The van der Waals surface area contributed by atoms with Gasteiger partial charge in [-0.2, -0.15) is 0 Å². The molecule has 0 atom stereocenters. The number of rotatable bonds is 6. The molecule has 0 heterocycles. The van der Waals surface area contributed by atoms with Crippen LogP contribution >= 0.6 is 11.6 Å². The highest BCUT2D eigenvalue weighted by molar-refractivity contribution is 6.30. The number of carbonyl (C=O) groups excluding carboxylic acids is 2. The highest BCUT2D eigenvalue weighted by Crippen LogP contribution is 2.08. The van der Waals surface area contributed by atoms with E-state index in [0.717, 1.165) is 5.56 Å². The van der Waals surface area contributed by atoms with Gasteiger partial charge in [-0.1, -0.05) is 37.6 Å². The largest absolute Gasteiger partial charge is 0.354 e. The summed E-state index contributed by atoms with van der Waals surface area (Å²) in [5, 5.41) is 8.78. The van der Waals surface area contributed by atoms with Crippen LogP contribution in [0.3, 0.4) is 0 Å². The standard InChI is InChI=1S/C14H20ClN3O2/c1-10(2)13(19)16-7-8-17-14(20)18-9-11-3-5-12(15)6-4-11/h3-6,10H,7-9H2,1-2H3,(H,16,19)(H2,17,18,20). The van der Waals surface area contributed by atoms with Crippen molar-refractivity contribution in [2.75, 3.05) is 13.1 Å². The van der Waals surface area contributed by atoms with E-state index in [4.69, 9.17) is 11.6 Å². The van der Waals surface area contributed by atoms with Crippen molar-refractivity contribution in [1.29, 1.82) is 0 Å². The fourth-order valence-electron chi connectivity index (χ4n) is 1.41. The molecule has 3 amide bonds. The lowest BCUT2D eigenvalue weighted by atomic mass is 10.2. The molecule has 0 aliphatic carbocycles. The molecule has 0 bridgehead atoms. The third-order valence-electron chi connectivity index (χ3n) is 2.60. The molecule has 0 fully saturated rings. The minimum Gasteiger partial charge on any atom is -0.354 e. The molecular weight excluding hydrogens is 278 g/mol. The van der Waals surface area contributed by atoms with E-state index in [0.29, 0.717) is 24.7 Å². The normalized spacial score (nSPS) is 10.2. The molecule has 110 valence electrons. The molecule has 0 aliphatic rings. The van der Waals surface area contributed by atoms with Gasteiger partial charge in [-0.3, -0.25) is 4.79 Å². The molecule has 0 saturated heterocycles. The molecule has 1 aromatic carbocycles. The molecule has 0 radical (unpaired) electrons. The first-order valence-electron chi connectivity index (χ1n) is 6.53. The monoisotopic (exact) mass is 297 g/mol. The summed E-state index contributed by atoms with van der Waals surface area (Å²) in [5.74, 6) is -0.0675. The topological polar surface area (TPSA) is 70.2 Å². The summed E-state index contributed by atoms with van der Waals surface area (Å²) in [6.45, 7) is 4.89. The minimum atomic E-state index is -0.265. The molecular formula is C14H20ClN3O2. The zero-order valence-corrected chi connectivity index (χ0v) is 12.5. The Morgan fingerprint density at radius 3 is 2.25 bits per heavy atom. The minimum absolute atomic E-state index is 0.0200. The second kappa shape index (κ2) is 8.43. The zero-order valence-electron chi connectivity index (χ0n) is 11.7. The molecule has 5 nitrogen and oxygen atoms in total. The highest BCUT2D eigenvalue weighted by atomic mass is 35.5. The third kappa shape index (κ3) is 6.43. The van der Waals surface area contributed by atoms with Crippen molar-refractivity contribution in [3.8, 4) is 0 Å². The van der Waals surface area contributed by atoms with Crippen molar-refractivity contribution in [1.82, 2.24) is 16.0 Å². The van der Waals surface area contributed by atoms with Gasteiger partial charge in [0.1, 0.15) is 0 Å². The van der Waals surface area contributed by atoms with Crippen LogP contribution in [0.1, 0.15) is 19.4 Å². The van der Waals surface area contributed by atoms with Crippen LogP contribution in [0.15, 0.2) is 24.3 Å². The van der Waals surface area contributed by atoms with Crippen LogP contribution in [0.5, 0.6) is 0 Å². The Morgan fingerprint density at radius 2 is 1.65 bits per heavy atom. The average molecular weight is 298 g/mol. The first-order chi connectivity index (χ1) is 9.49. The molecule has 20 heavy (non-hydrogen) atoms. The summed E-state index contributed by atoms with van der Waals surface area (Å²) in [7, 11) is 0. The molecule has 0 unspecified atom stereocenters. The number of amides is 3. The van der Waals surface area contributed by atoms with Gasteiger partial charge in [0, 0.05) is 30.6 Å². The van der Waals surface area contributed by atoms with Crippen LogP contribution in [0.2, 0.25) is 5.02 Å². The van der Waals surface area contributed by atoms with E-state index in [1.54, 1.807) is 12.1 Å². The maximum atomic E-state index is 11.5. The van der Waals surface area contributed by atoms with Gasteiger partial charge in [0.15, 0.2) is 0 Å². The summed E-state index contributed by atoms with van der Waals surface area (Å²) < 4.78 is 0. The van der Waals surface area contributed by atoms with Crippen molar-refractivity contribution < 1.29 is 9.59 Å². The van der Waals surface area contributed by atoms with Crippen LogP contribution in [0, 0.1) is 5.92 Å². The first-order valence-corrected chi connectivity index (χ1v) is 6.90. The van der Waals surface area contributed by atoms with Gasteiger partial charge in [0.25, 0.3) is 0 Å². The number of hydrogen-bond donors (Lipinski definition) is 3. The summed E-state index contributed by atoms with van der Waals surface area (Å²) >= 11 is 5.77. The van der Waals surface area contributed by atoms with Gasteiger partial charge >= 0.3 is 6.03 Å². The van der Waals surface area contributed by atoms with Crippen molar-refractivity contribution >= 4 is 23.5 Å². The summed E-state index contributed by atoms with van der Waals surface area (Å²) in [6, 6.07) is 6.99. The van der Waals surface area contributed by atoms with Crippen molar-refractivity contribution in [2.45, 2.75) is 20.4 Å². The molecule has 3 N–H and O–H groups in total. The fraction of sp³-hybridized carbons (Fsp3) is 0.429. The number of benzene rings is 1. The van der Waals surface area contributed by atoms with E-state index in [2.05, 4.69) is 16.0 Å². The summed E-state index contributed by atoms with van der Waals surface area (Å²) in [6.07, 6.45) is 0. The van der Waals surface area contributed by atoms with Gasteiger partial charge in [-0.25, -0.2) is 4.79 Å². The van der Waals surface area contributed by atoms with Gasteiger partial charge in [0.2, 0.25) is 5.91 Å². The van der Waals surface area contributed by atoms with Crippen LogP contribution in [0.25, 0.3) is 0 Å². The molecule has 0 saturated carbocycles. The second-order valence-corrected chi connectivity index (χ2v) is 5.12. The fourth-order valence-corrected chi connectivity index (χ4v) is 1.54. The van der Waals surface area contributed by atoms with Crippen molar-refractivity contribution in [2.24, 2.45) is 5.92 Å². The van der Waals surface area contributed by atoms with Gasteiger partial charge < -0.3 is 16.0 Å². The summed E-state index contributed by atoms with van der Waals surface area (Å²) in [5.41, 5.74) is 0.970. The lowest BCUT2D eigenvalue weighted by molar-refractivity contribution is -0.123. The molecule has 6 heteroatoms. The van der Waals surface area contributed by atoms with E-state index in [9.17, 15) is 9.59 Å². The zero-order chi connectivity index (χ0) is 15.0. The SMILES string of the molecule is CC(C)C(=O)NCCNC(=O)NCc1ccc(Cl)cc1. The van der Waals surface area contributed by atoms with Crippen LogP contribution < -0.4 is 16.0 Å². The molecule has 0 spiro atoms. The molecule has 1 rings (SSSR count). The van der Waals surface area contributed by atoms with Gasteiger partial charge in [-0.15, -0.1) is 0 Å². The maximum Gasteiger partial charge on any atom is 0.315 e. The Morgan fingerprint density at radius 1 is 1.05 bits per heavy atom. The Balaban J connectivity index is 2.14. The lowest BCUT2D eigenvalue weighted by Gasteiger charge is -2.10. The Labute approximate surface area is 124 Å². The predicted octanol–water partition coefficient (Wildman–Crippen LogP) is 1.91. The summed E-state index contributed by atoms with van der Waals surface area (Å²) in [4.78, 5) is 22.8. The average Bonchev–Trinajstić information content (AvgIpc) is 2.42. The van der Waals surface area contributed by atoms with E-state index in [-0.39, 0.29) is 17.9 Å². The second-order valence-electron chi connectivity index (χ2n) is 4.68. The smallest absolute Gasteiger partial charge is 0.315 e. The lowest BCUT2D eigenvalue weighted by Crippen LogP contribution is -2.40. The van der Waals surface area contributed by atoms with E-state index in [1.807, 2.05) is 26.0 Å².